The molecule has 1 N–H and O–H groups in total. The first kappa shape index (κ1) is 16.5. The fourth-order valence-corrected chi connectivity index (χ4v) is 2.30. The number of rotatable bonds is 7. The molecule has 0 spiro atoms. The zero-order valence-electron chi connectivity index (χ0n) is 12.0. The number of hydrogen-bond acceptors (Lipinski definition) is 5. The summed E-state index contributed by atoms with van der Waals surface area (Å²) in [6, 6.07) is 8.63. The zero-order chi connectivity index (χ0) is 15.2. The van der Waals surface area contributed by atoms with Gasteiger partial charge >= 0.3 is 0 Å². The van der Waals surface area contributed by atoms with Crippen LogP contribution < -0.4 is 10.1 Å². The first-order valence-corrected chi connectivity index (χ1v) is 8.23. The average Bonchev–Trinajstić information content (AvgIpc) is 2.43. The standard InChI is InChI=1S/C14H20N2O3S/c1-14(11-15,16-2)8-5-9-19-12-6-4-7-13(10-12)20(3,17)18/h4,6-7,10,16H,5,8-9H2,1-3H3. The topological polar surface area (TPSA) is 79.2 Å². The van der Waals surface area contributed by atoms with E-state index in [1.54, 1.807) is 19.2 Å². The Morgan fingerprint density at radius 3 is 2.70 bits per heavy atom. The lowest BCUT2D eigenvalue weighted by molar-refractivity contribution is 0.288. The Morgan fingerprint density at radius 1 is 1.45 bits per heavy atom. The van der Waals surface area contributed by atoms with Crippen molar-refractivity contribution in [1.29, 1.82) is 5.26 Å². The van der Waals surface area contributed by atoms with E-state index in [-0.39, 0.29) is 4.90 Å². The quantitative estimate of drug-likeness (QED) is 0.775. The average molecular weight is 296 g/mol. The molecule has 1 atom stereocenters. The maximum atomic E-state index is 11.4. The Hall–Kier alpha value is -1.58. The van der Waals surface area contributed by atoms with Crippen molar-refractivity contribution in [2.45, 2.75) is 30.2 Å². The Labute approximate surface area is 120 Å². The van der Waals surface area contributed by atoms with E-state index in [9.17, 15) is 8.42 Å². The summed E-state index contributed by atoms with van der Waals surface area (Å²) in [5.74, 6) is 0.524. The summed E-state index contributed by atoms with van der Waals surface area (Å²) < 4.78 is 28.4. The fraction of sp³-hybridized carbons (Fsp3) is 0.500. The molecule has 0 amide bonds. The van der Waals surface area contributed by atoms with Crippen LogP contribution in [0.25, 0.3) is 0 Å². The molecular formula is C14H20N2O3S. The van der Waals surface area contributed by atoms with Gasteiger partial charge in [-0.3, -0.25) is 0 Å². The molecule has 0 aromatic heterocycles. The van der Waals surface area contributed by atoms with Gasteiger partial charge in [-0.25, -0.2) is 8.42 Å². The highest BCUT2D eigenvalue weighted by molar-refractivity contribution is 7.90. The van der Waals surface area contributed by atoms with Crippen LogP contribution in [-0.2, 0) is 9.84 Å². The highest BCUT2D eigenvalue weighted by Gasteiger charge is 2.20. The third-order valence-electron chi connectivity index (χ3n) is 3.12. The summed E-state index contributed by atoms with van der Waals surface area (Å²) >= 11 is 0. The van der Waals surface area contributed by atoms with Gasteiger partial charge in [0.2, 0.25) is 0 Å². The van der Waals surface area contributed by atoms with Gasteiger partial charge in [0.15, 0.2) is 9.84 Å². The molecule has 5 nitrogen and oxygen atoms in total. The molecular weight excluding hydrogens is 276 g/mol. The maximum Gasteiger partial charge on any atom is 0.175 e. The molecule has 0 saturated carbocycles. The number of nitrogens with one attached hydrogen (secondary N) is 1. The second kappa shape index (κ2) is 6.73. The van der Waals surface area contributed by atoms with Crippen LogP contribution in [0.5, 0.6) is 5.75 Å². The molecule has 0 aliphatic rings. The van der Waals surface area contributed by atoms with E-state index in [4.69, 9.17) is 10.00 Å². The molecule has 6 heteroatoms. The molecule has 0 radical (unpaired) electrons. The maximum absolute atomic E-state index is 11.4. The normalized spacial score (nSPS) is 14.3. The van der Waals surface area contributed by atoms with E-state index in [0.29, 0.717) is 25.2 Å². The second-order valence-electron chi connectivity index (χ2n) is 4.89. The summed E-state index contributed by atoms with van der Waals surface area (Å²) in [7, 11) is -1.47. The van der Waals surface area contributed by atoms with Gasteiger partial charge in [0.25, 0.3) is 0 Å². The third-order valence-corrected chi connectivity index (χ3v) is 4.23. The van der Waals surface area contributed by atoms with E-state index in [2.05, 4.69) is 11.4 Å². The van der Waals surface area contributed by atoms with E-state index >= 15 is 0 Å². The fourth-order valence-electron chi connectivity index (χ4n) is 1.65. The van der Waals surface area contributed by atoms with Gasteiger partial charge in [0, 0.05) is 6.26 Å². The van der Waals surface area contributed by atoms with Crippen LogP contribution in [0.4, 0.5) is 0 Å². The molecule has 1 aromatic rings. The number of sulfone groups is 1. The highest BCUT2D eigenvalue weighted by Crippen LogP contribution is 2.18. The van der Waals surface area contributed by atoms with Crippen molar-refractivity contribution in [1.82, 2.24) is 5.32 Å². The number of hydrogen-bond donors (Lipinski definition) is 1. The van der Waals surface area contributed by atoms with Crippen LogP contribution in [0.3, 0.4) is 0 Å². The lowest BCUT2D eigenvalue weighted by Gasteiger charge is -2.20. The van der Waals surface area contributed by atoms with Crippen molar-refractivity contribution < 1.29 is 13.2 Å². The molecule has 20 heavy (non-hydrogen) atoms. The summed E-state index contributed by atoms with van der Waals surface area (Å²) in [5, 5.41) is 12.0. The van der Waals surface area contributed by atoms with Crippen molar-refractivity contribution in [3.05, 3.63) is 24.3 Å². The lowest BCUT2D eigenvalue weighted by atomic mass is 9.98. The minimum Gasteiger partial charge on any atom is -0.494 e. The molecule has 0 heterocycles. The monoisotopic (exact) mass is 296 g/mol. The molecule has 1 rings (SSSR count). The number of ether oxygens (including phenoxy) is 1. The summed E-state index contributed by atoms with van der Waals surface area (Å²) in [6.45, 7) is 2.27. The lowest BCUT2D eigenvalue weighted by Crippen LogP contribution is -2.38. The molecule has 110 valence electrons. The van der Waals surface area contributed by atoms with Crippen molar-refractivity contribution in [2.24, 2.45) is 0 Å². The van der Waals surface area contributed by atoms with Crippen molar-refractivity contribution >= 4 is 9.84 Å². The second-order valence-corrected chi connectivity index (χ2v) is 6.91. The van der Waals surface area contributed by atoms with Crippen LogP contribution >= 0.6 is 0 Å². The smallest absolute Gasteiger partial charge is 0.175 e. The van der Waals surface area contributed by atoms with Crippen LogP contribution in [0, 0.1) is 11.3 Å². The van der Waals surface area contributed by atoms with Crippen molar-refractivity contribution in [3.8, 4) is 11.8 Å². The summed E-state index contributed by atoms with van der Waals surface area (Å²) in [5.41, 5.74) is -0.558. The van der Waals surface area contributed by atoms with Crippen LogP contribution in [-0.4, -0.2) is 33.9 Å². The van der Waals surface area contributed by atoms with E-state index in [0.717, 1.165) is 6.26 Å². The number of benzene rings is 1. The molecule has 0 saturated heterocycles. The SMILES string of the molecule is CNC(C)(C#N)CCCOc1cccc(S(C)(=O)=O)c1. The predicted molar refractivity (Wildman–Crippen MR) is 77.4 cm³/mol. The van der Waals surface area contributed by atoms with Gasteiger partial charge in [-0.2, -0.15) is 5.26 Å². The minimum atomic E-state index is -3.22. The molecule has 1 unspecified atom stereocenters. The van der Waals surface area contributed by atoms with Crippen molar-refractivity contribution in [3.63, 3.8) is 0 Å². The molecule has 1 aromatic carbocycles. The Morgan fingerprint density at radius 2 is 2.15 bits per heavy atom. The predicted octanol–water partition coefficient (Wildman–Crippen LogP) is 1.75. The van der Waals surface area contributed by atoms with Gasteiger partial charge in [-0.05, 0) is 45.0 Å². The summed E-state index contributed by atoms with van der Waals surface area (Å²) in [6.07, 6.45) is 2.52. The largest absolute Gasteiger partial charge is 0.494 e. The molecule has 0 aliphatic carbocycles. The molecule has 0 aliphatic heterocycles. The van der Waals surface area contributed by atoms with Gasteiger partial charge in [-0.15, -0.1) is 0 Å². The Balaban J connectivity index is 2.54. The first-order valence-electron chi connectivity index (χ1n) is 6.34. The number of nitrogens with zero attached hydrogens (tertiary/aromatic N) is 1. The molecule has 0 fully saturated rings. The third kappa shape index (κ3) is 4.83. The van der Waals surface area contributed by atoms with Gasteiger partial charge in [0.1, 0.15) is 11.3 Å². The van der Waals surface area contributed by atoms with E-state index < -0.39 is 15.4 Å². The Kier molecular flexibility index (Phi) is 5.54. The minimum absolute atomic E-state index is 0.243. The molecule has 0 bridgehead atoms. The van der Waals surface area contributed by atoms with Gasteiger partial charge in [-0.1, -0.05) is 6.07 Å². The highest BCUT2D eigenvalue weighted by atomic mass is 32.2. The zero-order valence-corrected chi connectivity index (χ0v) is 12.8. The Bertz CT molecular complexity index is 593. The van der Waals surface area contributed by atoms with E-state index in [1.165, 1.54) is 12.1 Å². The number of nitriles is 1. The van der Waals surface area contributed by atoms with Crippen LogP contribution in [0.15, 0.2) is 29.2 Å². The summed E-state index contributed by atoms with van der Waals surface area (Å²) in [4.78, 5) is 0.243. The van der Waals surface area contributed by atoms with Crippen LogP contribution in [0.2, 0.25) is 0 Å². The van der Waals surface area contributed by atoms with Gasteiger partial charge < -0.3 is 10.1 Å². The first-order chi connectivity index (χ1) is 9.30. The van der Waals surface area contributed by atoms with Gasteiger partial charge in [0.05, 0.1) is 17.6 Å². The van der Waals surface area contributed by atoms with Crippen molar-refractivity contribution in [2.75, 3.05) is 19.9 Å². The van der Waals surface area contributed by atoms with E-state index in [1.807, 2.05) is 6.92 Å². The van der Waals surface area contributed by atoms with Crippen LogP contribution in [0.1, 0.15) is 19.8 Å².